The number of phenolic OH excluding ortho intramolecular Hbond substituents is 2. The van der Waals surface area contributed by atoms with E-state index in [0.29, 0.717) is 5.56 Å². The second-order valence-corrected chi connectivity index (χ2v) is 5.62. The van der Waals surface area contributed by atoms with Crippen LogP contribution in [-0.2, 0) is 4.74 Å². The minimum atomic E-state index is -0.987. The van der Waals surface area contributed by atoms with Crippen LogP contribution < -0.4 is 0 Å². The van der Waals surface area contributed by atoms with Gasteiger partial charge in [-0.25, -0.2) is 4.79 Å². The van der Waals surface area contributed by atoms with E-state index in [-0.39, 0.29) is 18.0 Å². The number of hydrogen-bond acceptors (Lipinski definition) is 5. The minimum Gasteiger partial charge on any atom is -0.504 e. The lowest BCUT2D eigenvalue weighted by Gasteiger charge is -2.26. The number of benzene rings is 1. The fourth-order valence-electron chi connectivity index (χ4n) is 1.53. The van der Waals surface area contributed by atoms with Crippen LogP contribution in [0.1, 0.15) is 32.4 Å². The summed E-state index contributed by atoms with van der Waals surface area (Å²) in [5.41, 5.74) is -0.205. The Labute approximate surface area is 118 Å². The molecule has 0 saturated carbocycles. The topological polar surface area (TPSA) is 90.2 Å². The Kier molecular flexibility index (Phi) is 4.83. The molecule has 6 heteroatoms. The van der Waals surface area contributed by atoms with Crippen LogP contribution in [0, 0.1) is 0 Å². The predicted molar refractivity (Wildman–Crippen MR) is 73.6 cm³/mol. The lowest BCUT2D eigenvalue weighted by Crippen LogP contribution is -2.36. The van der Waals surface area contributed by atoms with Gasteiger partial charge in [-0.15, -0.1) is 0 Å². The average molecular weight is 283 g/mol. The Morgan fingerprint density at radius 1 is 1.30 bits per heavy atom. The Morgan fingerprint density at radius 2 is 1.90 bits per heavy atom. The van der Waals surface area contributed by atoms with Gasteiger partial charge in [-0.1, -0.05) is 6.07 Å². The summed E-state index contributed by atoms with van der Waals surface area (Å²) < 4.78 is 5.17. The highest BCUT2D eigenvalue weighted by Gasteiger charge is 2.22. The summed E-state index contributed by atoms with van der Waals surface area (Å²) in [6.07, 6.45) is -1.53. The van der Waals surface area contributed by atoms with Crippen LogP contribution in [0.3, 0.4) is 0 Å². The minimum absolute atomic E-state index is 0.0130. The van der Waals surface area contributed by atoms with Crippen LogP contribution in [0.4, 0.5) is 4.79 Å². The summed E-state index contributed by atoms with van der Waals surface area (Å²) in [7, 11) is 1.51. The lowest BCUT2D eigenvalue weighted by molar-refractivity contribution is 0.0205. The van der Waals surface area contributed by atoms with Crippen molar-refractivity contribution < 1.29 is 24.9 Å². The molecule has 0 aromatic heterocycles. The van der Waals surface area contributed by atoms with E-state index in [1.807, 2.05) is 0 Å². The molecule has 3 N–H and O–H groups in total. The van der Waals surface area contributed by atoms with Crippen LogP contribution in [0.2, 0.25) is 0 Å². The van der Waals surface area contributed by atoms with Gasteiger partial charge >= 0.3 is 6.09 Å². The largest absolute Gasteiger partial charge is 0.504 e. The Morgan fingerprint density at radius 3 is 2.40 bits per heavy atom. The second-order valence-electron chi connectivity index (χ2n) is 5.62. The van der Waals surface area contributed by atoms with E-state index in [0.717, 1.165) is 0 Å². The normalized spacial score (nSPS) is 12.8. The number of hydrogen-bond donors (Lipinski definition) is 3. The number of likely N-dealkylation sites (N-methyl/N-ethyl adjacent to an activating group) is 1. The maximum absolute atomic E-state index is 11.7. The standard InChI is InChI=1S/C14H21NO5/c1-14(2,3)20-13(19)15(4)8-12(18)9-5-6-10(16)11(17)7-9/h5-7,12,16-18H,8H2,1-4H3/t12-/m0/s1. The number of amides is 1. The molecular weight excluding hydrogens is 262 g/mol. The molecule has 0 heterocycles. The highest BCUT2D eigenvalue weighted by molar-refractivity contribution is 5.67. The third-order valence-electron chi connectivity index (χ3n) is 2.54. The Balaban J connectivity index is 2.67. The molecule has 0 aliphatic carbocycles. The van der Waals surface area contributed by atoms with Crippen molar-refractivity contribution in [3.8, 4) is 11.5 Å². The van der Waals surface area contributed by atoms with Gasteiger partial charge in [-0.05, 0) is 38.5 Å². The van der Waals surface area contributed by atoms with Crippen LogP contribution in [0.15, 0.2) is 18.2 Å². The van der Waals surface area contributed by atoms with Gasteiger partial charge in [0.15, 0.2) is 11.5 Å². The fraction of sp³-hybridized carbons (Fsp3) is 0.500. The monoisotopic (exact) mass is 283 g/mol. The molecule has 20 heavy (non-hydrogen) atoms. The Hall–Kier alpha value is -1.95. The van der Waals surface area contributed by atoms with Crippen LogP contribution in [-0.4, -0.2) is 45.5 Å². The number of aliphatic hydroxyl groups excluding tert-OH is 1. The molecule has 1 amide bonds. The molecule has 6 nitrogen and oxygen atoms in total. The average Bonchev–Trinajstić information content (AvgIpc) is 2.30. The second kappa shape index (κ2) is 6.00. The van der Waals surface area contributed by atoms with E-state index >= 15 is 0 Å². The number of nitrogens with zero attached hydrogens (tertiary/aromatic N) is 1. The van der Waals surface area contributed by atoms with Gasteiger partial charge in [0.2, 0.25) is 0 Å². The van der Waals surface area contributed by atoms with E-state index in [1.54, 1.807) is 20.8 Å². The van der Waals surface area contributed by atoms with Crippen molar-refractivity contribution in [2.45, 2.75) is 32.5 Å². The predicted octanol–water partition coefficient (Wildman–Crippen LogP) is 2.00. The van der Waals surface area contributed by atoms with Gasteiger partial charge in [0, 0.05) is 7.05 Å². The first-order valence-electron chi connectivity index (χ1n) is 6.24. The van der Waals surface area contributed by atoms with Crippen molar-refractivity contribution >= 4 is 6.09 Å². The van der Waals surface area contributed by atoms with E-state index < -0.39 is 17.8 Å². The van der Waals surface area contributed by atoms with Gasteiger partial charge in [-0.2, -0.15) is 0 Å². The summed E-state index contributed by atoms with van der Waals surface area (Å²) >= 11 is 0. The van der Waals surface area contributed by atoms with Crippen LogP contribution in [0.25, 0.3) is 0 Å². The molecule has 1 rings (SSSR count). The summed E-state index contributed by atoms with van der Waals surface area (Å²) in [4.78, 5) is 13.0. The number of aromatic hydroxyl groups is 2. The van der Waals surface area contributed by atoms with Gasteiger partial charge in [-0.3, -0.25) is 0 Å². The first-order valence-corrected chi connectivity index (χ1v) is 6.24. The number of carbonyl (C=O) groups is 1. The molecular formula is C14H21NO5. The van der Waals surface area contributed by atoms with Gasteiger partial charge in [0.25, 0.3) is 0 Å². The van der Waals surface area contributed by atoms with E-state index in [4.69, 9.17) is 4.74 Å². The third-order valence-corrected chi connectivity index (χ3v) is 2.54. The third kappa shape index (κ3) is 4.62. The summed E-state index contributed by atoms with van der Waals surface area (Å²) in [6.45, 7) is 5.28. The fourth-order valence-corrected chi connectivity index (χ4v) is 1.53. The summed E-state index contributed by atoms with van der Waals surface area (Å²) in [6, 6.07) is 4.01. The SMILES string of the molecule is CN(C[C@H](O)c1ccc(O)c(O)c1)C(=O)OC(C)(C)C. The first kappa shape index (κ1) is 16.1. The quantitative estimate of drug-likeness (QED) is 0.738. The maximum Gasteiger partial charge on any atom is 0.410 e. The zero-order valence-electron chi connectivity index (χ0n) is 12.1. The molecule has 0 spiro atoms. The van der Waals surface area contributed by atoms with Gasteiger partial charge in [0.1, 0.15) is 5.60 Å². The number of phenols is 2. The summed E-state index contributed by atoms with van der Waals surface area (Å²) in [5, 5.41) is 28.6. The van der Waals surface area contributed by atoms with Crippen molar-refractivity contribution in [3.05, 3.63) is 23.8 Å². The van der Waals surface area contributed by atoms with Crippen molar-refractivity contribution in [2.24, 2.45) is 0 Å². The molecule has 0 radical (unpaired) electrons. The van der Waals surface area contributed by atoms with Gasteiger partial charge in [0.05, 0.1) is 12.6 Å². The van der Waals surface area contributed by atoms with Crippen molar-refractivity contribution in [3.63, 3.8) is 0 Å². The van der Waals surface area contributed by atoms with Gasteiger partial charge < -0.3 is 25.0 Å². The molecule has 0 bridgehead atoms. The van der Waals surface area contributed by atoms with E-state index in [1.165, 1.54) is 30.1 Å². The molecule has 0 unspecified atom stereocenters. The molecule has 1 aromatic carbocycles. The number of rotatable bonds is 3. The number of aliphatic hydroxyl groups is 1. The van der Waals surface area contributed by atoms with Crippen molar-refractivity contribution in [1.82, 2.24) is 4.90 Å². The lowest BCUT2D eigenvalue weighted by atomic mass is 10.1. The molecule has 1 atom stereocenters. The summed E-state index contributed by atoms with van der Waals surface area (Å²) in [5.74, 6) is -0.581. The number of carbonyl (C=O) groups excluding carboxylic acids is 1. The molecule has 0 aliphatic heterocycles. The van der Waals surface area contributed by atoms with Crippen molar-refractivity contribution in [1.29, 1.82) is 0 Å². The van der Waals surface area contributed by atoms with Crippen LogP contribution >= 0.6 is 0 Å². The van der Waals surface area contributed by atoms with E-state index in [9.17, 15) is 20.1 Å². The van der Waals surface area contributed by atoms with Crippen LogP contribution in [0.5, 0.6) is 11.5 Å². The highest BCUT2D eigenvalue weighted by Crippen LogP contribution is 2.28. The van der Waals surface area contributed by atoms with E-state index in [2.05, 4.69) is 0 Å². The molecule has 0 aliphatic rings. The molecule has 1 aromatic rings. The Bertz CT molecular complexity index is 481. The highest BCUT2D eigenvalue weighted by atomic mass is 16.6. The maximum atomic E-state index is 11.7. The molecule has 112 valence electrons. The zero-order chi connectivity index (χ0) is 15.5. The molecule has 0 fully saturated rings. The first-order chi connectivity index (χ1) is 9.10. The molecule has 0 saturated heterocycles. The zero-order valence-corrected chi connectivity index (χ0v) is 12.1. The number of ether oxygens (including phenoxy) is 1. The smallest absolute Gasteiger partial charge is 0.410 e. The van der Waals surface area contributed by atoms with Crippen molar-refractivity contribution in [2.75, 3.05) is 13.6 Å².